The van der Waals surface area contributed by atoms with Gasteiger partial charge in [-0.1, -0.05) is 60.7 Å². The highest BCUT2D eigenvalue weighted by molar-refractivity contribution is 7.73. The van der Waals surface area contributed by atoms with Crippen molar-refractivity contribution in [3.8, 4) is 0 Å². The first-order valence-corrected chi connectivity index (χ1v) is 8.15. The smallest absolute Gasteiger partial charge is 0.212 e. The van der Waals surface area contributed by atoms with E-state index in [0.29, 0.717) is 11.4 Å². The van der Waals surface area contributed by atoms with E-state index in [1.807, 2.05) is 60.7 Å². The van der Waals surface area contributed by atoms with Gasteiger partial charge in [-0.15, -0.1) is 0 Å². The van der Waals surface area contributed by atoms with Crippen LogP contribution in [0.4, 0.5) is 13.2 Å². The van der Waals surface area contributed by atoms with Gasteiger partial charge in [-0.3, -0.25) is 0 Å². The summed E-state index contributed by atoms with van der Waals surface area (Å²) in [5.74, 6) is 0. The first-order valence-electron chi connectivity index (χ1n) is 7.07. The van der Waals surface area contributed by atoms with Gasteiger partial charge < -0.3 is 0 Å². The lowest BCUT2D eigenvalue weighted by atomic mass is 10.0. The Kier molecular flexibility index (Phi) is 5.87. The second kappa shape index (κ2) is 7.89. The molecular weight excluding hydrogens is 353 g/mol. The highest BCUT2D eigenvalue weighted by Gasteiger charge is 2.21. The maximum absolute atomic E-state index is 11.1. The van der Waals surface area contributed by atoms with Crippen molar-refractivity contribution >= 4 is 26.8 Å². The Hall–Kier alpha value is -2.74. The minimum Gasteiger partial charge on any atom is -0.212 e. The molecule has 1 aliphatic heterocycles. The summed E-state index contributed by atoms with van der Waals surface area (Å²) in [7, 11) is -2.44. The zero-order valence-corrected chi connectivity index (χ0v) is 13.8. The highest BCUT2D eigenvalue weighted by atomic mass is 32.2. The average Bonchev–Trinajstić information content (AvgIpc) is 3.00. The predicted molar refractivity (Wildman–Crippen MR) is 91.6 cm³/mol. The summed E-state index contributed by atoms with van der Waals surface area (Å²) in [6.45, 7) is 0.188. The van der Waals surface area contributed by atoms with Gasteiger partial charge in [-0.25, -0.2) is 9.98 Å². The summed E-state index contributed by atoms with van der Waals surface area (Å²) in [5.41, 5.74) is 2.85. The molecule has 0 spiro atoms. The van der Waals surface area contributed by atoms with E-state index in [9.17, 15) is 21.6 Å². The number of nitrogens with zero attached hydrogens (tertiary/aromatic N) is 2. The maximum atomic E-state index is 11.1. The van der Waals surface area contributed by atoms with Crippen LogP contribution in [0.1, 0.15) is 18.1 Å². The fourth-order valence-electron chi connectivity index (χ4n) is 1.99. The minimum atomic E-state index is -4.00. The molecule has 1 aliphatic rings. The van der Waals surface area contributed by atoms with Crippen LogP contribution in [-0.2, 0) is 10.3 Å². The quantitative estimate of drug-likeness (QED) is 0.764. The minimum absolute atomic E-state index is 0.178. The average molecular weight is 366 g/mol. The van der Waals surface area contributed by atoms with Crippen LogP contribution < -0.4 is 0 Å². The molecule has 8 heteroatoms. The Labute approximate surface area is 143 Å². The molecule has 1 heterocycles. The standard InChI is InChI=1S/C15H10N2O2S.C2H3F3/c18-20(19)15-16-13(11-7-3-1-4-8-11)14(17-15)12-9-5-2-6-10-12;1-2(3,4)5/h1-10H;1H3. The molecule has 0 aliphatic carbocycles. The lowest BCUT2D eigenvalue weighted by Crippen LogP contribution is -2.13. The Morgan fingerprint density at radius 1 is 0.760 bits per heavy atom. The zero-order chi connectivity index (χ0) is 18.4. The molecule has 3 rings (SSSR count). The van der Waals surface area contributed by atoms with E-state index < -0.39 is 16.5 Å². The van der Waals surface area contributed by atoms with E-state index in [4.69, 9.17) is 0 Å². The first-order chi connectivity index (χ1) is 11.8. The molecule has 0 aromatic heterocycles. The molecule has 0 unspecified atom stereocenters. The third-order valence-electron chi connectivity index (χ3n) is 2.88. The molecule has 0 atom stereocenters. The van der Waals surface area contributed by atoms with Crippen molar-refractivity contribution < 1.29 is 21.6 Å². The van der Waals surface area contributed by atoms with E-state index in [2.05, 4.69) is 9.98 Å². The van der Waals surface area contributed by atoms with E-state index in [-0.39, 0.29) is 12.0 Å². The van der Waals surface area contributed by atoms with E-state index in [1.165, 1.54) is 0 Å². The molecule has 2 aromatic rings. The molecule has 0 saturated heterocycles. The molecular formula is C17H13F3N2O2S. The molecule has 0 bridgehead atoms. The summed E-state index contributed by atoms with van der Waals surface area (Å²) in [4.78, 5) is 8.27. The van der Waals surface area contributed by atoms with Gasteiger partial charge in [0.2, 0.25) is 0 Å². The summed E-state index contributed by atoms with van der Waals surface area (Å²) < 4.78 is 53.3. The van der Waals surface area contributed by atoms with Crippen LogP contribution in [-0.4, -0.2) is 31.1 Å². The van der Waals surface area contributed by atoms with Gasteiger partial charge in [0.15, 0.2) is 0 Å². The number of benzene rings is 2. The summed E-state index contributed by atoms with van der Waals surface area (Å²) in [6.07, 6.45) is -4.00. The van der Waals surface area contributed by atoms with Gasteiger partial charge in [-0.05, 0) is 0 Å². The van der Waals surface area contributed by atoms with Crippen molar-refractivity contribution in [1.82, 2.24) is 0 Å². The third-order valence-corrected chi connectivity index (χ3v) is 3.36. The topological polar surface area (TPSA) is 58.9 Å². The molecule has 25 heavy (non-hydrogen) atoms. The summed E-state index contributed by atoms with van der Waals surface area (Å²) >= 11 is 0. The van der Waals surface area contributed by atoms with Crippen molar-refractivity contribution in [3.63, 3.8) is 0 Å². The number of aliphatic imine (C=N–C) groups is 2. The maximum Gasteiger partial charge on any atom is 0.386 e. The molecule has 130 valence electrons. The van der Waals surface area contributed by atoms with E-state index >= 15 is 0 Å². The molecule has 0 N–H and O–H groups in total. The number of rotatable bonds is 2. The number of halogens is 3. The monoisotopic (exact) mass is 366 g/mol. The Morgan fingerprint density at radius 3 is 1.36 bits per heavy atom. The van der Waals surface area contributed by atoms with Gasteiger partial charge in [0, 0.05) is 18.1 Å². The van der Waals surface area contributed by atoms with Crippen LogP contribution in [0.15, 0.2) is 70.6 Å². The van der Waals surface area contributed by atoms with Crippen molar-refractivity contribution in [2.24, 2.45) is 9.98 Å². The predicted octanol–water partition coefficient (Wildman–Crippen LogP) is 3.51. The van der Waals surface area contributed by atoms with Gasteiger partial charge in [0.1, 0.15) is 11.4 Å². The highest BCUT2D eigenvalue weighted by Crippen LogP contribution is 2.15. The second-order valence-electron chi connectivity index (χ2n) is 4.95. The molecule has 0 radical (unpaired) electrons. The molecule has 2 aromatic carbocycles. The summed E-state index contributed by atoms with van der Waals surface area (Å²) in [6, 6.07) is 18.9. The van der Waals surface area contributed by atoms with Crippen LogP contribution in [0.5, 0.6) is 0 Å². The fraction of sp³-hybridized carbons (Fsp3) is 0.118. The van der Waals surface area contributed by atoms with Crippen molar-refractivity contribution in [1.29, 1.82) is 0 Å². The van der Waals surface area contributed by atoms with Gasteiger partial charge >= 0.3 is 6.18 Å². The van der Waals surface area contributed by atoms with Crippen LogP contribution in [0.3, 0.4) is 0 Å². The van der Waals surface area contributed by atoms with Crippen molar-refractivity contribution in [2.75, 3.05) is 0 Å². The van der Waals surface area contributed by atoms with Gasteiger partial charge in [0.05, 0.1) is 0 Å². The number of hydrogen-bond acceptors (Lipinski definition) is 2. The van der Waals surface area contributed by atoms with Crippen LogP contribution in [0, 0.1) is 0 Å². The Bertz CT molecular complexity index is 861. The molecule has 4 nitrogen and oxygen atoms in total. The van der Waals surface area contributed by atoms with Crippen LogP contribution in [0.2, 0.25) is 0 Å². The SMILES string of the molecule is CC(F)(F)F.O=S(=O)=C1N=C(c2ccccc2)C(c2ccccc2)=N1. The fourth-order valence-corrected chi connectivity index (χ4v) is 2.32. The van der Waals surface area contributed by atoms with E-state index in [0.717, 1.165) is 11.1 Å². The Morgan fingerprint density at radius 2 is 1.08 bits per heavy atom. The van der Waals surface area contributed by atoms with Crippen molar-refractivity contribution in [3.05, 3.63) is 71.8 Å². The first kappa shape index (κ1) is 18.6. The summed E-state index contributed by atoms with van der Waals surface area (Å²) in [5, 5.41) is -0.178. The number of alkyl halides is 3. The van der Waals surface area contributed by atoms with Crippen LogP contribution >= 0.6 is 0 Å². The van der Waals surface area contributed by atoms with Crippen LogP contribution in [0.25, 0.3) is 0 Å². The van der Waals surface area contributed by atoms with E-state index in [1.54, 1.807) is 0 Å². The van der Waals surface area contributed by atoms with Crippen molar-refractivity contribution in [2.45, 2.75) is 13.1 Å². The van der Waals surface area contributed by atoms with Gasteiger partial charge in [0.25, 0.3) is 15.4 Å². The second-order valence-corrected chi connectivity index (χ2v) is 5.79. The Balaban J connectivity index is 0.000000399. The lowest BCUT2D eigenvalue weighted by Gasteiger charge is -2.04. The lowest BCUT2D eigenvalue weighted by molar-refractivity contribution is -0.110. The normalized spacial score (nSPS) is 13.5. The largest absolute Gasteiger partial charge is 0.386 e. The third kappa shape index (κ3) is 5.68. The molecule has 0 saturated carbocycles. The zero-order valence-electron chi connectivity index (χ0n) is 13.0. The molecule has 0 fully saturated rings. The van der Waals surface area contributed by atoms with Gasteiger partial charge in [-0.2, -0.15) is 21.6 Å². The molecule has 0 amide bonds. The number of hydrogen-bond donors (Lipinski definition) is 0.